The number of benzene rings is 3. The Hall–Kier alpha value is -3.11. The summed E-state index contributed by atoms with van der Waals surface area (Å²) in [6.07, 6.45) is 0. The molecule has 5 heteroatoms. The maximum absolute atomic E-state index is 12.3. The third kappa shape index (κ3) is 4.96. The molecule has 0 saturated heterocycles. The Balaban J connectivity index is 1.69. The Morgan fingerprint density at radius 1 is 0.741 bits per heavy atom. The molecule has 0 heterocycles. The van der Waals surface area contributed by atoms with Crippen molar-refractivity contribution in [2.75, 3.05) is 11.9 Å². The predicted octanol–water partition coefficient (Wildman–Crippen LogP) is 4.23. The number of para-hydroxylation sites is 1. The van der Waals surface area contributed by atoms with Gasteiger partial charge in [0.15, 0.2) is 0 Å². The topological polar surface area (TPSA) is 58.2 Å². The molecule has 27 heavy (non-hydrogen) atoms. The zero-order valence-electron chi connectivity index (χ0n) is 14.6. The van der Waals surface area contributed by atoms with Crippen LogP contribution in [0.15, 0.2) is 84.9 Å². The molecule has 0 aliphatic carbocycles. The molecule has 0 spiro atoms. The molecule has 3 aromatic rings. The third-order valence-electron chi connectivity index (χ3n) is 4.20. The summed E-state index contributed by atoms with van der Waals surface area (Å²) in [4.78, 5) is 24.4. The first-order chi connectivity index (χ1) is 13.1. The molecule has 2 amide bonds. The maximum atomic E-state index is 12.3. The van der Waals surface area contributed by atoms with Crippen LogP contribution in [0.5, 0.6) is 0 Å². The van der Waals surface area contributed by atoms with E-state index in [-0.39, 0.29) is 5.92 Å². The number of nitrogens with one attached hydrogen (secondary N) is 2. The van der Waals surface area contributed by atoms with E-state index >= 15 is 0 Å². The highest BCUT2D eigenvalue weighted by atomic mass is 35.5. The van der Waals surface area contributed by atoms with Crippen LogP contribution in [-0.2, 0) is 9.59 Å². The van der Waals surface area contributed by atoms with Crippen LogP contribution in [0, 0.1) is 0 Å². The van der Waals surface area contributed by atoms with E-state index in [0.29, 0.717) is 17.3 Å². The molecule has 0 aromatic heterocycles. The van der Waals surface area contributed by atoms with Crippen molar-refractivity contribution in [2.45, 2.75) is 5.92 Å². The molecule has 0 saturated carbocycles. The van der Waals surface area contributed by atoms with Crippen molar-refractivity contribution in [1.82, 2.24) is 5.32 Å². The average Bonchev–Trinajstić information content (AvgIpc) is 2.71. The number of anilines is 1. The van der Waals surface area contributed by atoms with Crippen LogP contribution < -0.4 is 10.6 Å². The summed E-state index contributed by atoms with van der Waals surface area (Å²) in [6.45, 7) is 0.308. The van der Waals surface area contributed by atoms with Gasteiger partial charge in [0, 0.05) is 12.5 Å². The highest BCUT2D eigenvalue weighted by Gasteiger charge is 2.19. The Bertz CT molecular complexity index is 874. The zero-order chi connectivity index (χ0) is 19.1. The first kappa shape index (κ1) is 18.7. The molecule has 0 bridgehead atoms. The number of hydrogen-bond donors (Lipinski definition) is 2. The Morgan fingerprint density at radius 2 is 1.26 bits per heavy atom. The number of rotatable bonds is 5. The number of carbonyl (C=O) groups excluding carboxylic acids is 2. The van der Waals surface area contributed by atoms with Crippen LogP contribution in [0.4, 0.5) is 5.69 Å². The van der Waals surface area contributed by atoms with Crippen molar-refractivity contribution in [3.63, 3.8) is 0 Å². The third-order valence-corrected chi connectivity index (χ3v) is 4.53. The molecule has 3 rings (SSSR count). The van der Waals surface area contributed by atoms with Crippen molar-refractivity contribution in [3.8, 4) is 0 Å². The van der Waals surface area contributed by atoms with E-state index in [1.54, 1.807) is 24.3 Å². The van der Waals surface area contributed by atoms with Crippen LogP contribution in [0.1, 0.15) is 17.0 Å². The fraction of sp³-hybridized carbons (Fsp3) is 0.0909. The van der Waals surface area contributed by atoms with Gasteiger partial charge in [-0.15, -0.1) is 0 Å². The van der Waals surface area contributed by atoms with Gasteiger partial charge in [0.1, 0.15) is 0 Å². The Labute approximate surface area is 163 Å². The summed E-state index contributed by atoms with van der Waals surface area (Å²) < 4.78 is 0. The fourth-order valence-corrected chi connectivity index (χ4v) is 3.00. The Morgan fingerprint density at radius 3 is 1.81 bits per heavy atom. The second-order valence-corrected chi connectivity index (χ2v) is 6.43. The molecule has 0 unspecified atom stereocenters. The number of hydrogen-bond acceptors (Lipinski definition) is 2. The quantitative estimate of drug-likeness (QED) is 0.653. The van der Waals surface area contributed by atoms with E-state index in [9.17, 15) is 9.59 Å². The largest absolute Gasteiger partial charge is 0.347 e. The molecule has 136 valence electrons. The number of halogens is 1. The highest BCUT2D eigenvalue weighted by Crippen LogP contribution is 2.24. The molecular weight excluding hydrogens is 360 g/mol. The van der Waals surface area contributed by atoms with Gasteiger partial charge < -0.3 is 10.6 Å². The second-order valence-electron chi connectivity index (χ2n) is 6.02. The van der Waals surface area contributed by atoms with E-state index in [4.69, 9.17) is 11.6 Å². The lowest BCUT2D eigenvalue weighted by Crippen LogP contribution is -2.37. The minimum atomic E-state index is -0.747. The summed E-state index contributed by atoms with van der Waals surface area (Å²) >= 11 is 6.01. The fourth-order valence-electron chi connectivity index (χ4n) is 2.82. The van der Waals surface area contributed by atoms with Crippen molar-refractivity contribution >= 4 is 29.1 Å². The smallest absolute Gasteiger partial charge is 0.313 e. The second kappa shape index (κ2) is 9.01. The van der Waals surface area contributed by atoms with Gasteiger partial charge in [-0.1, -0.05) is 84.4 Å². The van der Waals surface area contributed by atoms with Crippen LogP contribution in [0.25, 0.3) is 0 Å². The normalized spacial score (nSPS) is 10.4. The van der Waals surface area contributed by atoms with Crippen LogP contribution in [-0.4, -0.2) is 18.4 Å². The van der Waals surface area contributed by atoms with Crippen molar-refractivity contribution in [1.29, 1.82) is 0 Å². The van der Waals surface area contributed by atoms with Gasteiger partial charge in [-0.3, -0.25) is 9.59 Å². The van der Waals surface area contributed by atoms with E-state index in [1.807, 2.05) is 60.7 Å². The molecule has 2 N–H and O–H groups in total. The predicted molar refractivity (Wildman–Crippen MR) is 108 cm³/mol. The molecule has 0 radical (unpaired) electrons. The molecule has 0 aliphatic heterocycles. The van der Waals surface area contributed by atoms with Crippen LogP contribution in [0.2, 0.25) is 5.02 Å². The summed E-state index contributed by atoms with van der Waals surface area (Å²) in [5.41, 5.74) is 2.54. The molecule has 0 fully saturated rings. The minimum Gasteiger partial charge on any atom is -0.347 e. The number of amides is 2. The van der Waals surface area contributed by atoms with E-state index < -0.39 is 11.8 Å². The monoisotopic (exact) mass is 378 g/mol. The summed E-state index contributed by atoms with van der Waals surface area (Å²) in [6, 6.07) is 26.5. The highest BCUT2D eigenvalue weighted by molar-refractivity contribution is 6.41. The van der Waals surface area contributed by atoms with Crippen molar-refractivity contribution < 1.29 is 9.59 Å². The first-order valence-electron chi connectivity index (χ1n) is 8.59. The summed E-state index contributed by atoms with van der Waals surface area (Å²) in [5, 5.41) is 5.64. The lowest BCUT2D eigenvalue weighted by molar-refractivity contribution is -0.136. The van der Waals surface area contributed by atoms with E-state index in [2.05, 4.69) is 10.6 Å². The van der Waals surface area contributed by atoms with Gasteiger partial charge in [-0.05, 0) is 23.3 Å². The van der Waals surface area contributed by atoms with Crippen LogP contribution >= 0.6 is 11.6 Å². The van der Waals surface area contributed by atoms with Crippen LogP contribution in [0.3, 0.4) is 0 Å². The van der Waals surface area contributed by atoms with Gasteiger partial charge in [0.05, 0.1) is 10.7 Å². The van der Waals surface area contributed by atoms with Crippen molar-refractivity contribution in [3.05, 3.63) is 101 Å². The minimum absolute atomic E-state index is 0.0514. The average molecular weight is 379 g/mol. The standard InChI is InChI=1S/C22H19ClN2O2/c23-19-13-7-8-14-20(19)25-22(27)21(26)24-15-18(16-9-3-1-4-10-16)17-11-5-2-6-12-17/h1-14,18H,15H2,(H,24,26)(H,25,27). The molecule has 4 nitrogen and oxygen atoms in total. The zero-order valence-corrected chi connectivity index (χ0v) is 15.3. The van der Waals surface area contributed by atoms with Gasteiger partial charge in [-0.25, -0.2) is 0 Å². The summed E-state index contributed by atoms with van der Waals surface area (Å²) in [5.74, 6) is -1.50. The molecular formula is C22H19ClN2O2. The lowest BCUT2D eigenvalue weighted by atomic mass is 9.91. The van der Waals surface area contributed by atoms with E-state index in [0.717, 1.165) is 11.1 Å². The van der Waals surface area contributed by atoms with E-state index in [1.165, 1.54) is 0 Å². The van der Waals surface area contributed by atoms with Gasteiger partial charge in [-0.2, -0.15) is 0 Å². The van der Waals surface area contributed by atoms with Gasteiger partial charge >= 0.3 is 11.8 Å². The molecule has 3 aromatic carbocycles. The summed E-state index contributed by atoms with van der Waals surface area (Å²) in [7, 11) is 0. The maximum Gasteiger partial charge on any atom is 0.313 e. The Kier molecular flexibility index (Phi) is 6.23. The molecule has 0 aliphatic rings. The first-order valence-corrected chi connectivity index (χ1v) is 8.96. The number of carbonyl (C=O) groups is 2. The van der Waals surface area contributed by atoms with Gasteiger partial charge in [0.25, 0.3) is 0 Å². The SMILES string of the molecule is O=C(NCC(c1ccccc1)c1ccccc1)C(=O)Nc1ccccc1Cl. The molecule has 0 atom stereocenters. The van der Waals surface area contributed by atoms with Gasteiger partial charge in [0.2, 0.25) is 0 Å². The lowest BCUT2D eigenvalue weighted by Gasteiger charge is -2.18. The van der Waals surface area contributed by atoms with Crippen molar-refractivity contribution in [2.24, 2.45) is 0 Å².